The molecule has 1 aromatic heterocycles. The zero-order valence-corrected chi connectivity index (χ0v) is 19.1. The molecule has 160 valence electrons. The van der Waals surface area contributed by atoms with E-state index in [1.54, 1.807) is 11.4 Å². The van der Waals surface area contributed by atoms with Gasteiger partial charge in [-0.05, 0) is 79.3 Å². The number of hydrogen-bond acceptors (Lipinski definition) is 5. The highest BCUT2D eigenvalue weighted by atomic mass is 35.5. The van der Waals surface area contributed by atoms with E-state index in [2.05, 4.69) is 0 Å². The molecule has 2 atom stereocenters. The Morgan fingerprint density at radius 2 is 2.03 bits per heavy atom. The highest BCUT2D eigenvalue weighted by molar-refractivity contribution is 7.91. The normalized spacial score (nSPS) is 15.0. The maximum Gasteiger partial charge on any atom is 0.346 e. The van der Waals surface area contributed by atoms with Crippen LogP contribution in [0.3, 0.4) is 0 Å². The Balaban J connectivity index is 2.37. The Bertz CT molecular complexity index is 942. The van der Waals surface area contributed by atoms with Crippen LogP contribution in [-0.2, 0) is 21.0 Å². The molecular weight excluding hydrogens is 430 g/mol. The van der Waals surface area contributed by atoms with E-state index in [-0.39, 0.29) is 10.8 Å². The van der Waals surface area contributed by atoms with Crippen LogP contribution >= 0.6 is 22.9 Å². The van der Waals surface area contributed by atoms with E-state index < -0.39 is 20.6 Å². The maximum absolute atomic E-state index is 13.1. The third-order valence-corrected chi connectivity index (χ3v) is 8.80. The standard InChI is InChI=1S/C21H28ClNO4S2/c1-15(6-3-7-16-8-4-9-17(22)14-16)21(11-5-12-23,29(2,26)27)18-10-13-28-19(18)20(24)25/h4,8-10,13-15H,3,5-7,11-12,23H2,1-2H3,(H,24,25). The van der Waals surface area contributed by atoms with Gasteiger partial charge in [-0.2, -0.15) is 0 Å². The number of hydrogen-bond donors (Lipinski definition) is 2. The smallest absolute Gasteiger partial charge is 0.346 e. The monoisotopic (exact) mass is 457 g/mol. The minimum absolute atomic E-state index is 0.0918. The Morgan fingerprint density at radius 1 is 1.31 bits per heavy atom. The SMILES string of the molecule is CC(CCCc1cccc(Cl)c1)C(CCCN)(c1ccsc1C(=O)O)S(C)(=O)=O. The average molecular weight is 458 g/mol. The summed E-state index contributed by atoms with van der Waals surface area (Å²) in [7, 11) is -3.61. The van der Waals surface area contributed by atoms with Crippen LogP contribution in [0.2, 0.25) is 5.02 Å². The van der Waals surface area contributed by atoms with Gasteiger partial charge in [0.2, 0.25) is 0 Å². The van der Waals surface area contributed by atoms with E-state index in [0.717, 1.165) is 29.7 Å². The highest BCUT2D eigenvalue weighted by Crippen LogP contribution is 2.46. The summed E-state index contributed by atoms with van der Waals surface area (Å²) in [5.74, 6) is -1.36. The van der Waals surface area contributed by atoms with Gasteiger partial charge >= 0.3 is 5.97 Å². The molecule has 2 unspecified atom stereocenters. The van der Waals surface area contributed by atoms with Crippen LogP contribution in [0.4, 0.5) is 0 Å². The Kier molecular flexibility index (Phi) is 8.28. The van der Waals surface area contributed by atoms with Crippen LogP contribution in [0.25, 0.3) is 0 Å². The lowest BCUT2D eigenvalue weighted by Crippen LogP contribution is -2.42. The number of nitrogens with two attached hydrogens (primary N) is 1. The molecule has 1 aromatic carbocycles. The minimum atomic E-state index is -3.61. The van der Waals surface area contributed by atoms with Gasteiger partial charge in [0, 0.05) is 11.3 Å². The molecule has 0 aliphatic heterocycles. The van der Waals surface area contributed by atoms with Crippen molar-refractivity contribution in [3.05, 3.63) is 56.7 Å². The molecule has 0 bridgehead atoms. The number of carbonyl (C=O) groups is 1. The van der Waals surface area contributed by atoms with Gasteiger partial charge in [0.15, 0.2) is 9.84 Å². The lowest BCUT2D eigenvalue weighted by molar-refractivity contribution is 0.0699. The number of aryl methyl sites for hydroxylation is 1. The molecule has 5 nitrogen and oxygen atoms in total. The second kappa shape index (κ2) is 10.1. The molecule has 0 amide bonds. The van der Waals surface area contributed by atoms with Crippen molar-refractivity contribution in [2.75, 3.05) is 12.8 Å². The van der Waals surface area contributed by atoms with E-state index in [0.29, 0.717) is 36.4 Å². The second-order valence-electron chi connectivity index (χ2n) is 7.45. The molecule has 29 heavy (non-hydrogen) atoms. The zero-order chi connectivity index (χ0) is 21.7. The first-order chi connectivity index (χ1) is 13.6. The lowest BCUT2D eigenvalue weighted by Gasteiger charge is -2.38. The predicted octanol–water partition coefficient (Wildman–Crippen LogP) is 4.74. The molecule has 0 radical (unpaired) electrons. The maximum atomic E-state index is 13.1. The number of benzene rings is 1. The quantitative estimate of drug-likeness (QED) is 0.508. The molecule has 0 spiro atoms. The predicted molar refractivity (Wildman–Crippen MR) is 120 cm³/mol. The molecule has 3 N–H and O–H groups in total. The van der Waals surface area contributed by atoms with Gasteiger partial charge in [0.05, 0.1) is 0 Å². The van der Waals surface area contributed by atoms with Gasteiger partial charge in [0.25, 0.3) is 0 Å². The number of carboxylic acids is 1. The third kappa shape index (κ3) is 5.40. The summed E-state index contributed by atoms with van der Waals surface area (Å²) in [6, 6.07) is 9.27. The first-order valence-corrected chi connectivity index (χ1v) is 12.7. The van der Waals surface area contributed by atoms with E-state index in [9.17, 15) is 18.3 Å². The molecule has 0 aliphatic rings. The molecule has 0 aliphatic carbocycles. The minimum Gasteiger partial charge on any atom is -0.477 e. The van der Waals surface area contributed by atoms with E-state index in [1.165, 1.54) is 6.26 Å². The van der Waals surface area contributed by atoms with Gasteiger partial charge in [-0.15, -0.1) is 11.3 Å². The number of rotatable bonds is 11. The van der Waals surface area contributed by atoms with Crippen molar-refractivity contribution in [2.45, 2.75) is 43.8 Å². The van der Waals surface area contributed by atoms with Crippen molar-refractivity contribution in [3.8, 4) is 0 Å². The molecule has 1 heterocycles. The van der Waals surface area contributed by atoms with Gasteiger partial charge in [-0.25, -0.2) is 13.2 Å². The van der Waals surface area contributed by atoms with E-state index in [1.807, 2.05) is 31.2 Å². The van der Waals surface area contributed by atoms with Crippen LogP contribution in [0.1, 0.15) is 53.4 Å². The summed E-state index contributed by atoms with van der Waals surface area (Å²) >= 11 is 7.11. The summed E-state index contributed by atoms with van der Waals surface area (Å²) in [5, 5.41) is 11.9. The van der Waals surface area contributed by atoms with Crippen molar-refractivity contribution < 1.29 is 18.3 Å². The van der Waals surface area contributed by atoms with Crippen LogP contribution < -0.4 is 5.73 Å². The van der Waals surface area contributed by atoms with Crippen molar-refractivity contribution in [1.29, 1.82) is 0 Å². The molecule has 2 rings (SSSR count). The first-order valence-electron chi connectivity index (χ1n) is 9.59. The van der Waals surface area contributed by atoms with Crippen molar-refractivity contribution in [3.63, 3.8) is 0 Å². The van der Waals surface area contributed by atoms with E-state index in [4.69, 9.17) is 17.3 Å². The average Bonchev–Trinajstić information content (AvgIpc) is 3.11. The molecule has 2 aromatic rings. The fraction of sp³-hybridized carbons (Fsp3) is 0.476. The molecular formula is C21H28ClNO4S2. The number of thiophene rings is 1. The highest BCUT2D eigenvalue weighted by Gasteiger charge is 2.48. The summed E-state index contributed by atoms with van der Waals surface area (Å²) in [6.07, 6.45) is 4.20. The van der Waals surface area contributed by atoms with Crippen LogP contribution in [0, 0.1) is 5.92 Å². The largest absolute Gasteiger partial charge is 0.477 e. The second-order valence-corrected chi connectivity index (χ2v) is 11.1. The number of carboxylic acid groups (broad SMARTS) is 1. The first kappa shape index (κ1) is 23.9. The van der Waals surface area contributed by atoms with Crippen LogP contribution in [0.5, 0.6) is 0 Å². The lowest BCUT2D eigenvalue weighted by atomic mass is 9.79. The summed E-state index contributed by atoms with van der Waals surface area (Å²) in [5.41, 5.74) is 7.19. The molecule has 8 heteroatoms. The van der Waals surface area contributed by atoms with E-state index >= 15 is 0 Å². The number of halogens is 1. The summed E-state index contributed by atoms with van der Waals surface area (Å²) in [4.78, 5) is 11.9. The van der Waals surface area contributed by atoms with Gasteiger partial charge < -0.3 is 10.8 Å². The number of sulfone groups is 1. The van der Waals surface area contributed by atoms with Gasteiger partial charge in [-0.3, -0.25) is 0 Å². The van der Waals surface area contributed by atoms with Crippen molar-refractivity contribution in [2.24, 2.45) is 11.7 Å². The van der Waals surface area contributed by atoms with Gasteiger partial charge in [0.1, 0.15) is 9.62 Å². The number of aromatic carboxylic acids is 1. The molecule has 0 fully saturated rings. The van der Waals surface area contributed by atoms with Crippen LogP contribution in [0.15, 0.2) is 35.7 Å². The molecule has 0 saturated heterocycles. The van der Waals surface area contributed by atoms with Gasteiger partial charge in [-0.1, -0.05) is 30.7 Å². The van der Waals surface area contributed by atoms with Crippen molar-refractivity contribution >= 4 is 38.7 Å². The zero-order valence-electron chi connectivity index (χ0n) is 16.7. The fourth-order valence-corrected chi connectivity index (χ4v) is 7.14. The Hall–Kier alpha value is -1.41. The topological polar surface area (TPSA) is 97.5 Å². The van der Waals surface area contributed by atoms with Crippen molar-refractivity contribution in [1.82, 2.24) is 0 Å². The van der Waals surface area contributed by atoms with Crippen LogP contribution in [-0.4, -0.2) is 32.3 Å². The molecule has 0 saturated carbocycles. The fourth-order valence-electron chi connectivity index (χ4n) is 4.11. The third-order valence-electron chi connectivity index (χ3n) is 5.52. The Labute approximate surface area is 181 Å². The summed E-state index contributed by atoms with van der Waals surface area (Å²) in [6.45, 7) is 2.25. The Morgan fingerprint density at radius 3 is 2.62 bits per heavy atom. The summed E-state index contributed by atoms with van der Waals surface area (Å²) < 4.78 is 24.9.